The van der Waals surface area contributed by atoms with E-state index in [4.69, 9.17) is 16.7 Å². The summed E-state index contributed by atoms with van der Waals surface area (Å²) in [6.07, 6.45) is 1.62. The van der Waals surface area contributed by atoms with Gasteiger partial charge in [-0.25, -0.2) is 4.39 Å². The molecule has 0 saturated heterocycles. The zero-order valence-electron chi connectivity index (χ0n) is 10.0. The first kappa shape index (κ1) is 13.8. The minimum Gasteiger partial charge on any atom is -0.481 e. The van der Waals surface area contributed by atoms with Crippen LogP contribution in [-0.4, -0.2) is 23.0 Å². The topological polar surface area (TPSA) is 66.4 Å². The van der Waals surface area contributed by atoms with Crippen LogP contribution in [0.5, 0.6) is 0 Å². The maximum Gasteiger partial charge on any atom is 0.306 e. The van der Waals surface area contributed by atoms with Gasteiger partial charge in [-0.1, -0.05) is 11.6 Å². The predicted octanol–water partition coefficient (Wildman–Crippen LogP) is 2.46. The fourth-order valence-corrected chi connectivity index (χ4v) is 2.42. The van der Waals surface area contributed by atoms with Gasteiger partial charge in [0.15, 0.2) is 0 Å². The van der Waals surface area contributed by atoms with Crippen molar-refractivity contribution in [2.45, 2.75) is 25.3 Å². The Balaban J connectivity index is 1.98. The Morgan fingerprint density at radius 3 is 2.68 bits per heavy atom. The Labute approximate surface area is 114 Å². The second kappa shape index (κ2) is 5.57. The number of carboxylic acid groups (broad SMARTS) is 1. The Kier molecular flexibility index (Phi) is 4.04. The third-order valence-corrected chi connectivity index (χ3v) is 3.59. The van der Waals surface area contributed by atoms with Crippen LogP contribution in [0, 0.1) is 11.7 Å². The van der Waals surface area contributed by atoms with E-state index in [9.17, 15) is 14.0 Å². The smallest absolute Gasteiger partial charge is 0.306 e. The van der Waals surface area contributed by atoms with E-state index < -0.39 is 17.7 Å². The molecule has 0 aromatic heterocycles. The molecule has 102 valence electrons. The van der Waals surface area contributed by atoms with Crippen molar-refractivity contribution in [1.82, 2.24) is 5.32 Å². The number of nitrogens with one attached hydrogen (secondary N) is 1. The summed E-state index contributed by atoms with van der Waals surface area (Å²) < 4.78 is 13.0. The van der Waals surface area contributed by atoms with Crippen molar-refractivity contribution >= 4 is 23.5 Å². The molecule has 2 atom stereocenters. The van der Waals surface area contributed by atoms with Crippen LogP contribution < -0.4 is 5.32 Å². The van der Waals surface area contributed by atoms with Gasteiger partial charge in [-0.15, -0.1) is 0 Å². The number of carboxylic acids is 1. The van der Waals surface area contributed by atoms with Crippen molar-refractivity contribution < 1.29 is 19.1 Å². The quantitative estimate of drug-likeness (QED) is 0.896. The fourth-order valence-electron chi connectivity index (χ4n) is 2.24. The molecule has 0 aliphatic heterocycles. The molecule has 0 spiro atoms. The van der Waals surface area contributed by atoms with Crippen LogP contribution >= 0.6 is 11.6 Å². The largest absolute Gasteiger partial charge is 0.481 e. The summed E-state index contributed by atoms with van der Waals surface area (Å²) in [5.41, 5.74) is 0.269. The van der Waals surface area contributed by atoms with Gasteiger partial charge in [0.1, 0.15) is 5.82 Å². The lowest BCUT2D eigenvalue weighted by Crippen LogP contribution is -2.33. The third-order valence-electron chi connectivity index (χ3n) is 3.30. The summed E-state index contributed by atoms with van der Waals surface area (Å²) in [6, 6.07) is 3.58. The molecule has 19 heavy (non-hydrogen) atoms. The molecule has 1 saturated carbocycles. The summed E-state index contributed by atoms with van der Waals surface area (Å²) in [5, 5.41) is 11.5. The Bertz CT molecular complexity index is 521. The van der Waals surface area contributed by atoms with Crippen molar-refractivity contribution in [3.63, 3.8) is 0 Å². The number of aliphatic carboxylic acids is 1. The summed E-state index contributed by atoms with van der Waals surface area (Å²) >= 11 is 5.61. The predicted molar refractivity (Wildman–Crippen MR) is 67.6 cm³/mol. The molecule has 4 nitrogen and oxygen atoms in total. The van der Waals surface area contributed by atoms with Crippen LogP contribution in [0.25, 0.3) is 0 Å². The van der Waals surface area contributed by atoms with Crippen molar-refractivity contribution in [3.8, 4) is 0 Å². The summed E-state index contributed by atoms with van der Waals surface area (Å²) in [4.78, 5) is 22.7. The van der Waals surface area contributed by atoms with Gasteiger partial charge >= 0.3 is 5.97 Å². The summed E-state index contributed by atoms with van der Waals surface area (Å²) in [7, 11) is 0. The first-order valence-corrected chi connectivity index (χ1v) is 6.34. The molecule has 2 rings (SSSR count). The molecule has 1 fully saturated rings. The van der Waals surface area contributed by atoms with Gasteiger partial charge in [-0.05, 0) is 37.5 Å². The molecule has 0 heterocycles. The molecule has 2 N–H and O–H groups in total. The molecule has 6 heteroatoms. The molecule has 1 aliphatic rings. The van der Waals surface area contributed by atoms with E-state index >= 15 is 0 Å². The maximum absolute atomic E-state index is 13.0. The fraction of sp³-hybridized carbons (Fsp3) is 0.385. The third kappa shape index (κ3) is 3.23. The van der Waals surface area contributed by atoms with Gasteiger partial charge in [-0.2, -0.15) is 0 Å². The number of halogens is 2. The second-order valence-electron chi connectivity index (χ2n) is 4.65. The number of hydrogen-bond donors (Lipinski definition) is 2. The van der Waals surface area contributed by atoms with E-state index in [1.54, 1.807) is 0 Å². The van der Waals surface area contributed by atoms with Gasteiger partial charge in [0.2, 0.25) is 0 Å². The van der Waals surface area contributed by atoms with Gasteiger partial charge in [0, 0.05) is 11.6 Å². The second-order valence-corrected chi connectivity index (χ2v) is 5.05. The van der Waals surface area contributed by atoms with Gasteiger partial charge in [0.25, 0.3) is 5.91 Å². The number of amides is 1. The zero-order chi connectivity index (χ0) is 14.0. The lowest BCUT2D eigenvalue weighted by Gasteiger charge is -2.12. The van der Waals surface area contributed by atoms with Crippen LogP contribution in [0.15, 0.2) is 18.2 Å². The monoisotopic (exact) mass is 285 g/mol. The number of carbonyl (C=O) groups is 2. The van der Waals surface area contributed by atoms with Crippen LogP contribution in [0.3, 0.4) is 0 Å². The molecule has 1 aromatic rings. The molecule has 1 aromatic carbocycles. The van der Waals surface area contributed by atoms with Crippen LogP contribution in [0.2, 0.25) is 5.02 Å². The van der Waals surface area contributed by atoms with Crippen molar-refractivity contribution in [3.05, 3.63) is 34.6 Å². The lowest BCUT2D eigenvalue weighted by atomic mass is 10.1. The van der Waals surface area contributed by atoms with Gasteiger partial charge < -0.3 is 10.4 Å². The van der Waals surface area contributed by atoms with Crippen LogP contribution in [0.1, 0.15) is 29.6 Å². The average molecular weight is 286 g/mol. The van der Waals surface area contributed by atoms with Crippen LogP contribution in [0.4, 0.5) is 4.39 Å². The number of rotatable bonds is 3. The van der Waals surface area contributed by atoms with E-state index in [1.165, 1.54) is 12.1 Å². The van der Waals surface area contributed by atoms with Gasteiger partial charge in [0.05, 0.1) is 10.9 Å². The molecular formula is C13H13ClFNO3. The minimum absolute atomic E-state index is 0.109. The standard InChI is InChI=1S/C13H13ClFNO3/c14-10-6-7(2-4-11(10)15)12(17)16-9-3-1-8(5-9)13(18)19/h2,4,6,8-9H,1,3,5H2,(H,16,17)(H,18,19). The highest BCUT2D eigenvalue weighted by atomic mass is 35.5. The van der Waals surface area contributed by atoms with E-state index in [-0.39, 0.29) is 22.5 Å². The molecular weight excluding hydrogens is 273 g/mol. The van der Waals surface area contributed by atoms with E-state index in [0.29, 0.717) is 19.3 Å². The highest BCUT2D eigenvalue weighted by molar-refractivity contribution is 6.31. The lowest BCUT2D eigenvalue weighted by molar-refractivity contribution is -0.141. The first-order chi connectivity index (χ1) is 8.97. The van der Waals surface area contributed by atoms with Crippen LogP contribution in [-0.2, 0) is 4.79 Å². The summed E-state index contributed by atoms with van der Waals surface area (Å²) in [6.45, 7) is 0. The molecule has 1 amide bonds. The molecule has 0 radical (unpaired) electrons. The van der Waals surface area contributed by atoms with Crippen molar-refractivity contribution in [2.24, 2.45) is 5.92 Å². The van der Waals surface area contributed by atoms with Crippen molar-refractivity contribution in [2.75, 3.05) is 0 Å². The Morgan fingerprint density at radius 2 is 2.11 bits per heavy atom. The molecule has 2 unspecified atom stereocenters. The highest BCUT2D eigenvalue weighted by Gasteiger charge is 2.30. The van der Waals surface area contributed by atoms with Gasteiger partial charge in [-0.3, -0.25) is 9.59 Å². The highest BCUT2D eigenvalue weighted by Crippen LogP contribution is 2.26. The first-order valence-electron chi connectivity index (χ1n) is 5.96. The Morgan fingerprint density at radius 1 is 1.37 bits per heavy atom. The number of carbonyl (C=O) groups excluding carboxylic acids is 1. The van der Waals surface area contributed by atoms with E-state index in [1.807, 2.05) is 0 Å². The maximum atomic E-state index is 13.0. The average Bonchev–Trinajstić information content (AvgIpc) is 2.81. The number of benzene rings is 1. The zero-order valence-corrected chi connectivity index (χ0v) is 10.8. The molecule has 0 bridgehead atoms. The number of hydrogen-bond acceptors (Lipinski definition) is 2. The molecule has 1 aliphatic carbocycles. The van der Waals surface area contributed by atoms with Crippen molar-refractivity contribution in [1.29, 1.82) is 0 Å². The normalized spacial score (nSPS) is 22.2. The van der Waals surface area contributed by atoms with E-state index in [0.717, 1.165) is 6.07 Å². The SMILES string of the molecule is O=C(NC1CCC(C(=O)O)C1)c1ccc(F)c(Cl)c1. The minimum atomic E-state index is -0.832. The summed E-state index contributed by atoms with van der Waals surface area (Å²) in [5.74, 6) is -2.17. The Hall–Kier alpha value is -1.62. The van der Waals surface area contributed by atoms with E-state index in [2.05, 4.69) is 5.32 Å².